The van der Waals surface area contributed by atoms with Crippen LogP contribution < -0.4 is 0 Å². The maximum absolute atomic E-state index is 6.98. The molecule has 0 radical (unpaired) electrons. The fraction of sp³-hybridized carbons (Fsp3) is 1.00. The van der Waals surface area contributed by atoms with E-state index in [1.165, 1.54) is 32.1 Å². The van der Waals surface area contributed by atoms with E-state index in [0.717, 1.165) is 6.42 Å². The summed E-state index contributed by atoms with van der Waals surface area (Å²) in [6.07, 6.45) is 7.74. The predicted octanol–water partition coefficient (Wildman–Crippen LogP) is 4.39. The molecule has 0 aliphatic carbocycles. The van der Waals surface area contributed by atoms with Gasteiger partial charge in [0, 0.05) is 1.37 Å². The van der Waals surface area contributed by atoms with Crippen molar-refractivity contribution in [1.29, 1.82) is 0 Å². The number of rotatable bonds is 5. The lowest BCUT2D eigenvalue weighted by Gasteiger charge is -2.17. The summed E-state index contributed by atoms with van der Waals surface area (Å²) in [6.45, 7) is 7.52. The minimum Gasteiger partial charge on any atom is -0.0654 e. The summed E-state index contributed by atoms with van der Waals surface area (Å²) < 4.78 is 6.98. The van der Waals surface area contributed by atoms with Crippen LogP contribution in [0.15, 0.2) is 0 Å². The van der Waals surface area contributed by atoms with Crippen LogP contribution in [-0.4, -0.2) is 0 Å². The van der Waals surface area contributed by atoms with Crippen molar-refractivity contribution in [2.24, 2.45) is 5.41 Å². The Labute approximate surface area is 73.8 Å². The third-order valence-corrected chi connectivity index (χ3v) is 1.93. The van der Waals surface area contributed by atoms with Crippen LogP contribution in [0.25, 0.3) is 0 Å². The molecule has 0 fully saturated rings. The van der Waals surface area contributed by atoms with Gasteiger partial charge in [0.15, 0.2) is 0 Å². The van der Waals surface area contributed by atoms with Crippen LogP contribution in [0.5, 0.6) is 0 Å². The van der Waals surface area contributed by atoms with E-state index < -0.39 is 0 Å². The van der Waals surface area contributed by atoms with Crippen LogP contribution in [0, 0.1) is 5.41 Å². The van der Waals surface area contributed by atoms with E-state index in [0.29, 0.717) is 12.3 Å². The van der Waals surface area contributed by atoms with Crippen LogP contribution in [0.3, 0.4) is 0 Å². The lowest BCUT2D eigenvalue weighted by molar-refractivity contribution is 0.357. The minimum absolute atomic E-state index is 0.509. The van der Waals surface area contributed by atoms with Crippen molar-refractivity contribution in [1.82, 2.24) is 0 Å². The minimum atomic E-state index is 0.509. The highest BCUT2D eigenvalue weighted by Gasteiger charge is 2.08. The number of unbranched alkanes of at least 4 members (excludes halogenated alkanes) is 4. The first-order valence-electron chi connectivity index (χ1n) is 5.56. The predicted molar refractivity (Wildman–Crippen MR) is 52.8 cm³/mol. The Morgan fingerprint density at radius 2 is 1.64 bits per heavy atom. The standard InChI is InChI=1S/C11H24/c1-5-6-7-8-9-10-11(2,3)4/h5-10H2,1-4H3/i1D. The fourth-order valence-corrected chi connectivity index (χ4v) is 1.19. The van der Waals surface area contributed by atoms with Gasteiger partial charge in [-0.25, -0.2) is 0 Å². The molecule has 0 bridgehead atoms. The molecule has 0 aliphatic rings. The molecule has 0 saturated carbocycles. The van der Waals surface area contributed by atoms with E-state index in [1.807, 2.05) is 0 Å². The summed E-state index contributed by atoms with van der Waals surface area (Å²) in [5.41, 5.74) is 0.509. The molecule has 0 amide bonds. The van der Waals surface area contributed by atoms with Gasteiger partial charge in [-0.3, -0.25) is 0 Å². The van der Waals surface area contributed by atoms with Gasteiger partial charge in [-0.1, -0.05) is 59.8 Å². The third kappa shape index (κ3) is 10.0. The SMILES string of the molecule is [2H]CCCCCCCC(C)(C)C. The average molecular weight is 157 g/mol. The second kappa shape index (κ2) is 5.62. The molecule has 0 rings (SSSR count). The van der Waals surface area contributed by atoms with E-state index in [2.05, 4.69) is 20.8 Å². The second-order valence-corrected chi connectivity index (χ2v) is 4.58. The lowest BCUT2D eigenvalue weighted by atomic mass is 9.89. The van der Waals surface area contributed by atoms with E-state index in [1.54, 1.807) is 0 Å². The maximum Gasteiger partial charge on any atom is 0.0230 e. The van der Waals surface area contributed by atoms with Gasteiger partial charge in [0.1, 0.15) is 0 Å². The topological polar surface area (TPSA) is 0 Å². The Kier molecular flexibility index (Phi) is 4.65. The highest BCUT2D eigenvalue weighted by Crippen LogP contribution is 2.22. The maximum atomic E-state index is 6.98. The summed E-state index contributed by atoms with van der Waals surface area (Å²) in [4.78, 5) is 0. The van der Waals surface area contributed by atoms with Crippen molar-refractivity contribution < 1.29 is 1.37 Å². The molecule has 68 valence electrons. The molecule has 0 aromatic carbocycles. The monoisotopic (exact) mass is 157 g/mol. The van der Waals surface area contributed by atoms with Gasteiger partial charge < -0.3 is 0 Å². The molecule has 0 atom stereocenters. The molecule has 0 unspecified atom stereocenters. The molecule has 0 N–H and O–H groups in total. The zero-order valence-corrected chi connectivity index (χ0v) is 8.45. The molecule has 0 spiro atoms. The van der Waals surface area contributed by atoms with E-state index in [-0.39, 0.29) is 0 Å². The van der Waals surface area contributed by atoms with Crippen molar-refractivity contribution >= 4 is 0 Å². The largest absolute Gasteiger partial charge is 0.0654 e. The number of hydrogen-bond acceptors (Lipinski definition) is 0. The Balaban J connectivity index is 3.01. The molecule has 0 saturated heterocycles. The van der Waals surface area contributed by atoms with Crippen LogP contribution in [0.4, 0.5) is 0 Å². The van der Waals surface area contributed by atoms with Gasteiger partial charge in [0.05, 0.1) is 0 Å². The van der Waals surface area contributed by atoms with Crippen molar-refractivity contribution in [3.05, 3.63) is 0 Å². The zero-order chi connectivity index (χ0) is 9.45. The summed E-state index contributed by atoms with van der Waals surface area (Å²) >= 11 is 0. The summed E-state index contributed by atoms with van der Waals surface area (Å²) in [6, 6.07) is 0. The summed E-state index contributed by atoms with van der Waals surface area (Å²) in [7, 11) is 0. The van der Waals surface area contributed by atoms with Crippen molar-refractivity contribution in [2.75, 3.05) is 0 Å². The summed E-state index contributed by atoms with van der Waals surface area (Å²) in [5.74, 6) is 0. The molecule has 0 aromatic heterocycles. The van der Waals surface area contributed by atoms with Crippen molar-refractivity contribution in [3.63, 3.8) is 0 Å². The first kappa shape index (κ1) is 9.09. The van der Waals surface area contributed by atoms with Crippen LogP contribution in [0.1, 0.15) is 67.6 Å². The van der Waals surface area contributed by atoms with Crippen LogP contribution in [0.2, 0.25) is 0 Å². The highest BCUT2D eigenvalue weighted by atomic mass is 14.1. The van der Waals surface area contributed by atoms with Crippen molar-refractivity contribution in [2.45, 2.75) is 66.2 Å². The average Bonchev–Trinajstić information content (AvgIpc) is 1.94. The molecule has 0 nitrogen and oxygen atoms in total. The fourth-order valence-electron chi connectivity index (χ4n) is 1.19. The molecule has 0 heteroatoms. The van der Waals surface area contributed by atoms with E-state index >= 15 is 0 Å². The number of hydrogen-bond donors (Lipinski definition) is 0. The van der Waals surface area contributed by atoms with Gasteiger partial charge >= 0.3 is 0 Å². The molecular weight excluding hydrogens is 132 g/mol. The normalized spacial score (nSPS) is 13.2. The molecule has 0 heterocycles. The van der Waals surface area contributed by atoms with Gasteiger partial charge in [0.25, 0.3) is 0 Å². The Morgan fingerprint density at radius 3 is 2.18 bits per heavy atom. The van der Waals surface area contributed by atoms with Gasteiger partial charge in [-0.15, -0.1) is 0 Å². The van der Waals surface area contributed by atoms with Crippen LogP contribution >= 0.6 is 0 Å². The van der Waals surface area contributed by atoms with Crippen molar-refractivity contribution in [3.8, 4) is 0 Å². The van der Waals surface area contributed by atoms with E-state index in [9.17, 15) is 0 Å². The Morgan fingerprint density at radius 1 is 1.00 bits per heavy atom. The lowest BCUT2D eigenvalue weighted by Crippen LogP contribution is -2.03. The van der Waals surface area contributed by atoms with Gasteiger partial charge in [-0.2, -0.15) is 0 Å². The quantitative estimate of drug-likeness (QED) is 0.519. The molecular formula is C11H24. The van der Waals surface area contributed by atoms with Gasteiger partial charge in [0.2, 0.25) is 0 Å². The molecule has 0 aliphatic heterocycles. The van der Waals surface area contributed by atoms with Gasteiger partial charge in [-0.05, 0) is 11.8 Å². The first-order chi connectivity index (χ1) is 5.56. The van der Waals surface area contributed by atoms with E-state index in [4.69, 9.17) is 1.37 Å². The Bertz CT molecular complexity index is 91.7. The molecule has 11 heavy (non-hydrogen) atoms. The smallest absolute Gasteiger partial charge is 0.0230 e. The zero-order valence-electron chi connectivity index (χ0n) is 9.45. The van der Waals surface area contributed by atoms with Crippen LogP contribution in [-0.2, 0) is 0 Å². The summed E-state index contributed by atoms with van der Waals surface area (Å²) in [5, 5.41) is 0. The highest BCUT2D eigenvalue weighted by molar-refractivity contribution is 4.60. The first-order valence-corrected chi connectivity index (χ1v) is 4.85. The third-order valence-electron chi connectivity index (χ3n) is 1.93. The Hall–Kier alpha value is 0. The second-order valence-electron chi connectivity index (χ2n) is 4.58. The molecule has 0 aromatic rings.